The molecule has 53 heavy (non-hydrogen) atoms. The summed E-state index contributed by atoms with van der Waals surface area (Å²) in [7, 11) is 9.16. The van der Waals surface area contributed by atoms with Gasteiger partial charge in [-0.25, -0.2) is 0 Å². The van der Waals surface area contributed by atoms with Crippen LogP contribution in [0.1, 0.15) is 92.4 Å². The fourth-order valence-electron chi connectivity index (χ4n) is 10.8. The summed E-state index contributed by atoms with van der Waals surface area (Å²) in [5.74, 6) is 0.00947. The molecular formula is C42H67NO10. The molecule has 300 valence electrons. The predicted octanol–water partition coefficient (Wildman–Crippen LogP) is 5.88. The van der Waals surface area contributed by atoms with E-state index < -0.39 is 12.4 Å². The van der Waals surface area contributed by atoms with Gasteiger partial charge in [0.15, 0.2) is 18.4 Å². The maximum Gasteiger partial charge on any atom is 0.306 e. The topological polar surface area (TPSA) is 111 Å². The Labute approximate surface area is 317 Å². The van der Waals surface area contributed by atoms with Gasteiger partial charge in [0.2, 0.25) is 0 Å². The summed E-state index contributed by atoms with van der Waals surface area (Å²) in [6.45, 7) is 10.4. The van der Waals surface area contributed by atoms with Gasteiger partial charge < -0.3 is 42.8 Å². The highest BCUT2D eigenvalue weighted by Crippen LogP contribution is 2.56. The molecule has 6 aliphatic rings. The lowest BCUT2D eigenvalue weighted by atomic mass is 9.67. The fraction of sp³-hybridized carbons (Fsp3) is 0.857. The van der Waals surface area contributed by atoms with Gasteiger partial charge in [0.1, 0.15) is 24.4 Å². The number of cyclic esters (lactones) is 1. The predicted molar refractivity (Wildman–Crippen MR) is 199 cm³/mol. The van der Waals surface area contributed by atoms with Gasteiger partial charge in [-0.05, 0) is 115 Å². The van der Waals surface area contributed by atoms with Crippen LogP contribution in [0.5, 0.6) is 0 Å². The molecule has 0 N–H and O–H groups in total. The van der Waals surface area contributed by atoms with Gasteiger partial charge in [-0.1, -0.05) is 31.6 Å². The Kier molecular flexibility index (Phi) is 13.6. The van der Waals surface area contributed by atoms with Gasteiger partial charge in [-0.2, -0.15) is 0 Å². The minimum absolute atomic E-state index is 0.0364. The maximum absolute atomic E-state index is 14.7. The molecule has 6 rings (SSSR count). The van der Waals surface area contributed by atoms with Gasteiger partial charge in [0, 0.05) is 39.2 Å². The Morgan fingerprint density at radius 1 is 0.811 bits per heavy atom. The van der Waals surface area contributed by atoms with Crippen LogP contribution in [0.2, 0.25) is 0 Å². The highest BCUT2D eigenvalue weighted by atomic mass is 16.7. The van der Waals surface area contributed by atoms with Crippen molar-refractivity contribution in [1.29, 1.82) is 0 Å². The number of carbonyl (C=O) groups is 2. The zero-order valence-electron chi connectivity index (χ0n) is 33.9. The number of hydrogen-bond acceptors (Lipinski definition) is 11. The Bertz CT molecular complexity index is 1330. The second-order valence-corrected chi connectivity index (χ2v) is 17.0. The van der Waals surface area contributed by atoms with E-state index in [2.05, 4.69) is 51.9 Å². The van der Waals surface area contributed by atoms with E-state index in [1.165, 1.54) is 5.57 Å². The van der Waals surface area contributed by atoms with Crippen molar-refractivity contribution in [1.82, 2.24) is 4.90 Å². The molecule has 17 atom stereocenters. The molecule has 0 radical (unpaired) electrons. The zero-order chi connectivity index (χ0) is 38.1. The molecule has 11 heteroatoms. The number of rotatable bonds is 9. The normalized spacial score (nSPS) is 45.3. The Hall–Kier alpha value is -1.70. The summed E-state index contributed by atoms with van der Waals surface area (Å²) in [6.07, 6.45) is 8.58. The Balaban J connectivity index is 1.23. The number of ketones is 1. The summed E-state index contributed by atoms with van der Waals surface area (Å²) in [4.78, 5) is 30.5. The van der Waals surface area contributed by atoms with Crippen LogP contribution in [-0.4, -0.2) is 120 Å². The number of allylic oxidation sites excluding steroid dienone is 4. The van der Waals surface area contributed by atoms with Crippen molar-refractivity contribution < 1.29 is 47.5 Å². The van der Waals surface area contributed by atoms with Gasteiger partial charge in [-0.3, -0.25) is 9.59 Å². The number of hydrogen-bond donors (Lipinski definition) is 0. The molecule has 3 aliphatic carbocycles. The third kappa shape index (κ3) is 8.53. The summed E-state index contributed by atoms with van der Waals surface area (Å²) < 4.78 is 49.8. The van der Waals surface area contributed by atoms with Gasteiger partial charge in [-0.15, -0.1) is 0 Å². The monoisotopic (exact) mass is 745 g/mol. The van der Waals surface area contributed by atoms with E-state index in [0.29, 0.717) is 18.4 Å². The number of carbonyl (C=O) groups excluding carboxylic acids is 2. The molecule has 3 heterocycles. The Morgan fingerprint density at radius 2 is 1.55 bits per heavy atom. The zero-order valence-corrected chi connectivity index (χ0v) is 33.9. The van der Waals surface area contributed by atoms with Crippen LogP contribution >= 0.6 is 0 Å². The SMILES string of the molecule is CC[C@H]1CCC[C@H](O[C@H]2CC[C@H](N(C)C)[C@@H](C)O2)[C@@H](C)C(=O)C2=C[C@@H]3C(C=C(C)[C@@H]4C[C@@H](OC5O[C@@H](C)[C@H](OC)[C@@H](OC)[C@H]5OC)CC34)[C@@H]2CC(=O)O1. The number of ether oxygens (including phenoxy) is 8. The lowest BCUT2D eigenvalue weighted by Gasteiger charge is -2.44. The molecule has 0 aromatic heterocycles. The van der Waals surface area contributed by atoms with Gasteiger partial charge >= 0.3 is 5.97 Å². The lowest BCUT2D eigenvalue weighted by Crippen LogP contribution is -2.59. The molecule has 0 aromatic carbocycles. The highest BCUT2D eigenvalue weighted by Gasteiger charge is 2.53. The average molecular weight is 746 g/mol. The van der Waals surface area contributed by atoms with Crippen molar-refractivity contribution in [3.8, 4) is 0 Å². The molecule has 0 aromatic rings. The van der Waals surface area contributed by atoms with Crippen molar-refractivity contribution in [2.45, 2.75) is 160 Å². The van der Waals surface area contributed by atoms with Gasteiger partial charge in [0.05, 0.1) is 30.8 Å². The van der Waals surface area contributed by atoms with Crippen molar-refractivity contribution in [3.05, 3.63) is 23.3 Å². The third-order valence-electron chi connectivity index (χ3n) is 13.7. The van der Waals surface area contributed by atoms with Crippen LogP contribution in [0.25, 0.3) is 0 Å². The first-order valence-corrected chi connectivity index (χ1v) is 20.4. The van der Waals surface area contributed by atoms with E-state index in [4.69, 9.17) is 37.9 Å². The highest BCUT2D eigenvalue weighted by molar-refractivity contribution is 5.99. The van der Waals surface area contributed by atoms with Crippen molar-refractivity contribution in [2.75, 3.05) is 35.4 Å². The smallest absolute Gasteiger partial charge is 0.306 e. The van der Waals surface area contributed by atoms with Crippen LogP contribution in [0.4, 0.5) is 0 Å². The van der Waals surface area contributed by atoms with Crippen molar-refractivity contribution >= 4 is 11.8 Å². The summed E-state index contributed by atoms with van der Waals surface area (Å²) in [6, 6.07) is 0.337. The maximum atomic E-state index is 14.7. The number of nitrogens with zero attached hydrogens (tertiary/aromatic N) is 1. The van der Waals surface area contributed by atoms with Crippen LogP contribution < -0.4 is 0 Å². The standard InChI is InChI=1S/C42H67NO10/c1-11-26-13-12-14-35(53-37-16-15-34(43(6)7)24(4)49-37)23(3)38(45)33-20-31-29(32(33)21-36(44)51-26)17-22(2)28-18-27(19-30(28)31)52-42-41(48-10)40(47-9)39(46-8)25(5)50-42/h17,20,23-32,34-35,37,39-42H,11-16,18-19,21H2,1-10H3/t23-,24-,25+,26+,27-,28+,29?,30?,31-,32+,34+,35+,37+,39+,40-,41-,42?/m1/s1. The molecule has 0 spiro atoms. The first-order valence-electron chi connectivity index (χ1n) is 20.4. The molecular weight excluding hydrogens is 678 g/mol. The largest absolute Gasteiger partial charge is 0.462 e. The minimum Gasteiger partial charge on any atom is -0.462 e. The van der Waals surface area contributed by atoms with Crippen LogP contribution in [-0.2, 0) is 47.5 Å². The summed E-state index contributed by atoms with van der Waals surface area (Å²) in [5, 5.41) is 0. The number of Topliss-reactive ketones (excluding diaryl/α,β-unsaturated/α-hetero) is 1. The first kappa shape index (κ1) is 40.9. The van der Waals surface area contributed by atoms with Crippen LogP contribution in [0.15, 0.2) is 23.3 Å². The molecule has 3 saturated heterocycles. The molecule has 0 bridgehead atoms. The molecule has 3 aliphatic heterocycles. The fourth-order valence-corrected chi connectivity index (χ4v) is 10.8. The van der Waals surface area contributed by atoms with E-state index >= 15 is 0 Å². The second-order valence-electron chi connectivity index (χ2n) is 17.0. The van der Waals surface area contributed by atoms with Crippen molar-refractivity contribution in [2.24, 2.45) is 35.5 Å². The van der Waals surface area contributed by atoms with Gasteiger partial charge in [0.25, 0.3) is 0 Å². The molecule has 11 nitrogen and oxygen atoms in total. The van der Waals surface area contributed by atoms with E-state index in [-0.39, 0.29) is 96.8 Å². The lowest BCUT2D eigenvalue weighted by molar-refractivity contribution is -0.314. The van der Waals surface area contributed by atoms with E-state index in [1.54, 1.807) is 21.3 Å². The number of methoxy groups -OCH3 is 3. The number of esters is 1. The van der Waals surface area contributed by atoms with E-state index in [1.807, 2.05) is 13.8 Å². The number of likely N-dealkylation sites (N-methyl/N-ethyl adjacent to an activating group) is 1. The summed E-state index contributed by atoms with van der Waals surface area (Å²) in [5.41, 5.74) is 2.07. The molecule has 3 unspecified atom stereocenters. The van der Waals surface area contributed by atoms with E-state index in [0.717, 1.165) is 50.5 Å². The number of fused-ring (bicyclic) bond motifs is 5. The minimum atomic E-state index is -0.598. The second kappa shape index (κ2) is 17.6. The third-order valence-corrected chi connectivity index (χ3v) is 13.7. The summed E-state index contributed by atoms with van der Waals surface area (Å²) >= 11 is 0. The van der Waals surface area contributed by atoms with E-state index in [9.17, 15) is 9.59 Å². The average Bonchev–Trinajstić information content (AvgIpc) is 3.71. The first-order chi connectivity index (χ1) is 25.4. The Morgan fingerprint density at radius 3 is 2.21 bits per heavy atom. The molecule has 0 amide bonds. The van der Waals surface area contributed by atoms with Crippen LogP contribution in [0, 0.1) is 35.5 Å². The van der Waals surface area contributed by atoms with Crippen LogP contribution in [0.3, 0.4) is 0 Å². The van der Waals surface area contributed by atoms with Crippen molar-refractivity contribution in [3.63, 3.8) is 0 Å². The molecule has 1 saturated carbocycles. The quantitative estimate of drug-likeness (QED) is 0.209. The molecule has 4 fully saturated rings.